The zero-order valence-corrected chi connectivity index (χ0v) is 14.6. The second-order valence-corrected chi connectivity index (χ2v) is 6.18. The topological polar surface area (TPSA) is 52.7 Å². The average molecular weight is 329 g/mol. The van der Waals surface area contributed by atoms with Crippen molar-refractivity contribution >= 4 is 17.4 Å². The van der Waals surface area contributed by atoms with Crippen LogP contribution in [-0.4, -0.2) is 61.4 Å². The predicted molar refractivity (Wildman–Crippen MR) is 96.4 cm³/mol. The highest BCUT2D eigenvalue weighted by Crippen LogP contribution is 2.21. The van der Waals surface area contributed by atoms with Crippen LogP contribution in [0.4, 0.5) is 0 Å². The van der Waals surface area contributed by atoms with Crippen molar-refractivity contribution in [3.05, 3.63) is 42.0 Å². The van der Waals surface area contributed by atoms with Gasteiger partial charge in [-0.1, -0.05) is 43.3 Å². The van der Waals surface area contributed by atoms with Crippen molar-refractivity contribution in [2.24, 2.45) is 0 Å². The molecule has 0 atom stereocenters. The third-order valence-electron chi connectivity index (χ3n) is 4.18. The molecular formula is C19H27N3O2. The molecule has 0 radical (unpaired) electrons. The van der Waals surface area contributed by atoms with Gasteiger partial charge in [-0.25, -0.2) is 0 Å². The number of hydrogen-bond acceptors (Lipinski definition) is 3. The molecule has 0 aliphatic carbocycles. The fraction of sp³-hybridized carbons (Fsp3) is 0.474. The first-order valence-electron chi connectivity index (χ1n) is 8.57. The average Bonchev–Trinajstić information content (AvgIpc) is 2.61. The SMILES string of the molecule is CCCNC(=O)CN(C)C(=O)CN1CC=C(c2ccccc2)CC1. The van der Waals surface area contributed by atoms with E-state index < -0.39 is 0 Å². The normalized spacial score (nSPS) is 14.8. The van der Waals surface area contributed by atoms with Crippen LogP contribution >= 0.6 is 0 Å². The smallest absolute Gasteiger partial charge is 0.239 e. The van der Waals surface area contributed by atoms with Crippen molar-refractivity contribution in [2.75, 3.05) is 39.8 Å². The zero-order valence-electron chi connectivity index (χ0n) is 14.6. The number of carbonyl (C=O) groups is 2. The van der Waals surface area contributed by atoms with Gasteiger partial charge in [0, 0.05) is 26.7 Å². The van der Waals surface area contributed by atoms with Crippen molar-refractivity contribution in [3.63, 3.8) is 0 Å². The van der Waals surface area contributed by atoms with Gasteiger partial charge in [0.1, 0.15) is 0 Å². The third-order valence-corrected chi connectivity index (χ3v) is 4.18. The van der Waals surface area contributed by atoms with Crippen molar-refractivity contribution in [2.45, 2.75) is 19.8 Å². The van der Waals surface area contributed by atoms with Crippen molar-refractivity contribution in [1.29, 1.82) is 0 Å². The van der Waals surface area contributed by atoms with E-state index in [-0.39, 0.29) is 18.4 Å². The van der Waals surface area contributed by atoms with Crippen LogP contribution in [0.15, 0.2) is 36.4 Å². The van der Waals surface area contributed by atoms with Gasteiger partial charge in [0.15, 0.2) is 0 Å². The Morgan fingerprint density at radius 3 is 2.62 bits per heavy atom. The van der Waals surface area contributed by atoms with E-state index in [0.717, 1.165) is 25.9 Å². The lowest BCUT2D eigenvalue weighted by Gasteiger charge is -2.27. The third kappa shape index (κ3) is 5.49. The lowest BCUT2D eigenvalue weighted by Crippen LogP contribution is -2.44. The van der Waals surface area contributed by atoms with E-state index in [2.05, 4.69) is 28.4 Å². The molecule has 1 heterocycles. The number of hydrogen-bond donors (Lipinski definition) is 1. The Labute approximate surface area is 144 Å². The largest absolute Gasteiger partial charge is 0.355 e. The molecule has 2 rings (SSSR count). The number of rotatable bonds is 7. The summed E-state index contributed by atoms with van der Waals surface area (Å²) < 4.78 is 0. The molecule has 0 saturated heterocycles. The molecule has 1 aliphatic rings. The molecule has 0 bridgehead atoms. The Morgan fingerprint density at radius 1 is 1.25 bits per heavy atom. The van der Waals surface area contributed by atoms with Crippen LogP contribution in [0.3, 0.4) is 0 Å². The predicted octanol–water partition coefficient (Wildman–Crippen LogP) is 1.76. The fourth-order valence-corrected chi connectivity index (χ4v) is 2.71. The highest BCUT2D eigenvalue weighted by molar-refractivity contribution is 5.85. The molecule has 2 amide bonds. The van der Waals surface area contributed by atoms with E-state index in [9.17, 15) is 9.59 Å². The Bertz CT molecular complexity index is 584. The maximum Gasteiger partial charge on any atom is 0.239 e. The first kappa shape index (κ1) is 18.2. The van der Waals surface area contributed by atoms with Gasteiger partial charge in [0.2, 0.25) is 11.8 Å². The van der Waals surface area contributed by atoms with Gasteiger partial charge in [0.05, 0.1) is 13.1 Å². The molecule has 130 valence electrons. The Balaban J connectivity index is 1.79. The highest BCUT2D eigenvalue weighted by Gasteiger charge is 2.19. The van der Waals surface area contributed by atoms with Crippen LogP contribution in [0.1, 0.15) is 25.3 Å². The molecule has 0 aromatic heterocycles. The number of amides is 2. The van der Waals surface area contributed by atoms with Gasteiger partial charge in [0.25, 0.3) is 0 Å². The van der Waals surface area contributed by atoms with Gasteiger partial charge < -0.3 is 10.2 Å². The van der Waals surface area contributed by atoms with Crippen LogP contribution in [0.5, 0.6) is 0 Å². The minimum atomic E-state index is -0.0994. The van der Waals surface area contributed by atoms with Gasteiger partial charge >= 0.3 is 0 Å². The summed E-state index contributed by atoms with van der Waals surface area (Å²) in [7, 11) is 1.68. The fourth-order valence-electron chi connectivity index (χ4n) is 2.71. The van der Waals surface area contributed by atoms with E-state index in [1.807, 2.05) is 25.1 Å². The molecule has 0 fully saturated rings. The molecule has 1 aromatic rings. The van der Waals surface area contributed by atoms with Crippen LogP contribution < -0.4 is 5.32 Å². The van der Waals surface area contributed by atoms with Gasteiger partial charge in [-0.05, 0) is 24.0 Å². The molecule has 1 aliphatic heterocycles. The molecule has 0 saturated carbocycles. The summed E-state index contributed by atoms with van der Waals surface area (Å²) in [6.45, 7) is 4.77. The molecule has 0 unspecified atom stereocenters. The van der Waals surface area contributed by atoms with Crippen LogP contribution in [0.25, 0.3) is 5.57 Å². The maximum atomic E-state index is 12.3. The van der Waals surface area contributed by atoms with E-state index in [1.54, 1.807) is 7.05 Å². The molecular weight excluding hydrogens is 302 g/mol. The number of nitrogens with zero attached hydrogens (tertiary/aromatic N) is 2. The summed E-state index contributed by atoms with van der Waals surface area (Å²) in [5.74, 6) is -0.115. The number of benzene rings is 1. The molecule has 5 nitrogen and oxygen atoms in total. The summed E-state index contributed by atoms with van der Waals surface area (Å²) >= 11 is 0. The minimum Gasteiger partial charge on any atom is -0.355 e. The summed E-state index contributed by atoms with van der Waals surface area (Å²) in [6.07, 6.45) is 4.03. The number of carbonyl (C=O) groups excluding carboxylic acids is 2. The quantitative estimate of drug-likeness (QED) is 0.829. The molecule has 5 heteroatoms. The van der Waals surface area contributed by atoms with E-state index >= 15 is 0 Å². The van der Waals surface area contributed by atoms with Gasteiger partial charge in [-0.15, -0.1) is 0 Å². The Morgan fingerprint density at radius 2 is 2.00 bits per heavy atom. The maximum absolute atomic E-state index is 12.3. The van der Waals surface area contributed by atoms with Crippen LogP contribution in [0.2, 0.25) is 0 Å². The number of nitrogens with one attached hydrogen (secondary N) is 1. The van der Waals surface area contributed by atoms with E-state index in [0.29, 0.717) is 13.1 Å². The summed E-state index contributed by atoms with van der Waals surface area (Å²) in [6, 6.07) is 10.4. The van der Waals surface area contributed by atoms with Crippen molar-refractivity contribution in [1.82, 2.24) is 15.1 Å². The van der Waals surface area contributed by atoms with Crippen molar-refractivity contribution in [3.8, 4) is 0 Å². The van der Waals surface area contributed by atoms with Crippen LogP contribution in [0, 0.1) is 0 Å². The standard InChI is InChI=1S/C19H27N3O2/c1-3-11-20-18(23)14-21(2)19(24)15-22-12-9-17(10-13-22)16-7-5-4-6-8-16/h4-9H,3,10-15H2,1-2H3,(H,20,23). The highest BCUT2D eigenvalue weighted by atomic mass is 16.2. The summed E-state index contributed by atoms with van der Waals surface area (Å²) in [5, 5.41) is 2.79. The lowest BCUT2D eigenvalue weighted by atomic mass is 10.00. The number of likely N-dealkylation sites (N-methyl/N-ethyl adjacent to an activating group) is 1. The second-order valence-electron chi connectivity index (χ2n) is 6.18. The van der Waals surface area contributed by atoms with E-state index in [4.69, 9.17) is 0 Å². The van der Waals surface area contributed by atoms with E-state index in [1.165, 1.54) is 16.0 Å². The summed E-state index contributed by atoms with van der Waals surface area (Å²) in [4.78, 5) is 27.6. The summed E-state index contributed by atoms with van der Waals surface area (Å²) in [5.41, 5.74) is 2.60. The molecule has 1 aromatic carbocycles. The minimum absolute atomic E-state index is 0.0155. The Kier molecular flexibility index (Phi) is 7.00. The monoisotopic (exact) mass is 329 g/mol. The van der Waals surface area contributed by atoms with Crippen molar-refractivity contribution < 1.29 is 9.59 Å². The first-order chi connectivity index (χ1) is 11.6. The zero-order chi connectivity index (χ0) is 17.4. The Hall–Kier alpha value is -2.14. The van der Waals surface area contributed by atoms with Gasteiger partial charge in [-0.2, -0.15) is 0 Å². The first-order valence-corrected chi connectivity index (χ1v) is 8.57. The molecule has 0 spiro atoms. The molecule has 1 N–H and O–H groups in total. The second kappa shape index (κ2) is 9.23. The molecule has 24 heavy (non-hydrogen) atoms. The van der Waals surface area contributed by atoms with Crippen LogP contribution in [-0.2, 0) is 9.59 Å². The van der Waals surface area contributed by atoms with Gasteiger partial charge in [-0.3, -0.25) is 14.5 Å². The lowest BCUT2D eigenvalue weighted by molar-refractivity contribution is -0.135.